The zero-order chi connectivity index (χ0) is 13.6. The quantitative estimate of drug-likeness (QED) is 0.701. The molecular formula is C12H16ClNO2. The zero-order valence-electron chi connectivity index (χ0n) is 9.79. The lowest BCUT2D eigenvalue weighted by Crippen LogP contribution is -1.76. The normalized spacial score (nSPS) is 6.44. The van der Waals surface area contributed by atoms with Gasteiger partial charge in [0.1, 0.15) is 13.6 Å². The molecule has 0 aliphatic rings. The molecule has 1 aromatic carbocycles. The number of carbonyl (C=O) groups is 2. The van der Waals surface area contributed by atoms with Crippen LogP contribution in [-0.2, 0) is 9.59 Å². The van der Waals surface area contributed by atoms with Crippen LogP contribution in [0.15, 0.2) is 18.2 Å². The van der Waals surface area contributed by atoms with Crippen molar-refractivity contribution in [3.63, 3.8) is 0 Å². The van der Waals surface area contributed by atoms with Crippen molar-refractivity contribution in [3.8, 4) is 6.07 Å². The summed E-state index contributed by atoms with van der Waals surface area (Å²) in [5, 5.41) is 9.10. The molecule has 0 bridgehead atoms. The van der Waals surface area contributed by atoms with Crippen molar-refractivity contribution < 1.29 is 9.59 Å². The Morgan fingerprint density at radius 3 is 1.94 bits per heavy atom. The van der Waals surface area contributed by atoms with Crippen LogP contribution in [0, 0.1) is 18.3 Å². The second-order valence-electron chi connectivity index (χ2n) is 2.08. The minimum Gasteiger partial charge on any atom is -0.307 e. The van der Waals surface area contributed by atoms with Crippen LogP contribution < -0.4 is 0 Å². The molecule has 0 amide bonds. The zero-order valence-corrected chi connectivity index (χ0v) is 10.5. The molecule has 0 spiro atoms. The van der Waals surface area contributed by atoms with Crippen LogP contribution in [0.5, 0.6) is 0 Å². The number of hydrogen-bond acceptors (Lipinski definition) is 3. The van der Waals surface area contributed by atoms with E-state index in [0.29, 0.717) is 10.6 Å². The monoisotopic (exact) mass is 241 g/mol. The first-order chi connectivity index (χ1) is 7.74. The van der Waals surface area contributed by atoms with Gasteiger partial charge in [0.25, 0.3) is 0 Å². The van der Waals surface area contributed by atoms with Gasteiger partial charge in [-0.25, -0.2) is 0 Å². The summed E-state index contributed by atoms with van der Waals surface area (Å²) in [6.45, 7) is 9.91. The predicted molar refractivity (Wildman–Crippen MR) is 66.5 cm³/mol. The first kappa shape index (κ1) is 19.8. The van der Waals surface area contributed by atoms with E-state index in [-0.39, 0.29) is 0 Å². The van der Waals surface area contributed by atoms with Crippen molar-refractivity contribution in [1.29, 1.82) is 5.26 Å². The Bertz CT molecular complexity index is 319. The molecule has 0 atom stereocenters. The van der Waals surface area contributed by atoms with E-state index in [1.54, 1.807) is 12.1 Å². The number of benzene rings is 1. The van der Waals surface area contributed by atoms with Gasteiger partial charge in [0, 0.05) is 5.02 Å². The van der Waals surface area contributed by atoms with Crippen LogP contribution in [0.2, 0.25) is 5.02 Å². The summed E-state index contributed by atoms with van der Waals surface area (Å²) < 4.78 is 0. The van der Waals surface area contributed by atoms with Crippen molar-refractivity contribution in [3.05, 3.63) is 34.3 Å². The first-order valence-corrected chi connectivity index (χ1v) is 4.86. The number of nitrogens with zero attached hydrogens (tertiary/aromatic N) is 1. The van der Waals surface area contributed by atoms with Gasteiger partial charge in [-0.1, -0.05) is 31.5 Å². The third kappa shape index (κ3) is 8.92. The molecule has 88 valence electrons. The third-order valence-corrected chi connectivity index (χ3v) is 1.71. The number of hydrogen-bond donors (Lipinski definition) is 0. The Morgan fingerprint density at radius 1 is 1.19 bits per heavy atom. The van der Waals surface area contributed by atoms with Crippen molar-refractivity contribution in [2.24, 2.45) is 0 Å². The highest BCUT2D eigenvalue weighted by Crippen LogP contribution is 2.15. The van der Waals surface area contributed by atoms with E-state index in [1.807, 2.05) is 46.5 Å². The van der Waals surface area contributed by atoms with E-state index in [0.717, 1.165) is 5.56 Å². The highest BCUT2D eigenvalue weighted by molar-refractivity contribution is 6.31. The Morgan fingerprint density at radius 2 is 1.62 bits per heavy atom. The standard InChI is InChI=1S/C8H6ClN.C2H6.2CH2O/c1-6-2-3-7(5-10)4-8(6)9;3*1-2/h2-4H,1H3;1-2H3;2*1H2. The van der Waals surface area contributed by atoms with Crippen LogP contribution in [0.4, 0.5) is 0 Å². The summed E-state index contributed by atoms with van der Waals surface area (Å²) in [5.41, 5.74) is 1.61. The lowest BCUT2D eigenvalue weighted by molar-refractivity contribution is -0.0987. The molecule has 0 heterocycles. The average molecular weight is 242 g/mol. The maximum atomic E-state index is 8.44. The maximum absolute atomic E-state index is 8.44. The van der Waals surface area contributed by atoms with Gasteiger partial charge in [-0.2, -0.15) is 5.26 Å². The molecule has 0 unspecified atom stereocenters. The van der Waals surface area contributed by atoms with E-state index >= 15 is 0 Å². The molecule has 0 fully saturated rings. The van der Waals surface area contributed by atoms with Crippen LogP contribution in [0.25, 0.3) is 0 Å². The topological polar surface area (TPSA) is 57.9 Å². The van der Waals surface area contributed by atoms with Gasteiger partial charge in [0.2, 0.25) is 0 Å². The van der Waals surface area contributed by atoms with E-state index in [1.165, 1.54) is 0 Å². The van der Waals surface area contributed by atoms with Crippen molar-refractivity contribution in [1.82, 2.24) is 0 Å². The van der Waals surface area contributed by atoms with Gasteiger partial charge in [-0.05, 0) is 24.6 Å². The molecule has 0 aromatic heterocycles. The SMILES string of the molecule is C=O.C=O.CC.Cc1ccc(C#N)cc1Cl. The molecule has 0 saturated heterocycles. The number of rotatable bonds is 0. The van der Waals surface area contributed by atoms with Gasteiger partial charge in [0.15, 0.2) is 0 Å². The second-order valence-corrected chi connectivity index (χ2v) is 2.48. The van der Waals surface area contributed by atoms with Crippen LogP contribution >= 0.6 is 11.6 Å². The minimum atomic E-state index is 0.607. The maximum Gasteiger partial charge on any atom is 0.106 e. The van der Waals surface area contributed by atoms with E-state index in [4.69, 9.17) is 26.5 Å². The number of aryl methyl sites for hydroxylation is 1. The van der Waals surface area contributed by atoms with Gasteiger partial charge in [-0.15, -0.1) is 0 Å². The molecule has 4 heteroatoms. The largest absolute Gasteiger partial charge is 0.307 e. The van der Waals surface area contributed by atoms with Gasteiger partial charge < -0.3 is 9.59 Å². The highest BCUT2D eigenvalue weighted by atomic mass is 35.5. The van der Waals surface area contributed by atoms with Crippen LogP contribution in [0.3, 0.4) is 0 Å². The molecular weight excluding hydrogens is 226 g/mol. The third-order valence-electron chi connectivity index (χ3n) is 1.30. The number of carbonyl (C=O) groups excluding carboxylic acids is 2. The van der Waals surface area contributed by atoms with Crippen LogP contribution in [-0.4, -0.2) is 13.6 Å². The summed E-state index contributed by atoms with van der Waals surface area (Å²) >= 11 is 5.74. The van der Waals surface area contributed by atoms with Crippen molar-refractivity contribution >= 4 is 25.2 Å². The van der Waals surface area contributed by atoms with E-state index in [9.17, 15) is 0 Å². The fraction of sp³-hybridized carbons (Fsp3) is 0.250. The lowest BCUT2D eigenvalue weighted by Gasteiger charge is -1.94. The molecule has 3 nitrogen and oxygen atoms in total. The van der Waals surface area contributed by atoms with Crippen LogP contribution in [0.1, 0.15) is 25.0 Å². The lowest BCUT2D eigenvalue weighted by atomic mass is 10.2. The Balaban J connectivity index is -0.000000245. The molecule has 0 aliphatic heterocycles. The molecule has 1 aromatic rings. The average Bonchev–Trinajstić information content (AvgIpc) is 2.40. The number of nitriles is 1. The number of halogens is 1. The second kappa shape index (κ2) is 15.8. The van der Waals surface area contributed by atoms with Gasteiger partial charge in [-0.3, -0.25) is 0 Å². The first-order valence-electron chi connectivity index (χ1n) is 4.48. The van der Waals surface area contributed by atoms with Crippen molar-refractivity contribution in [2.75, 3.05) is 0 Å². The molecule has 16 heavy (non-hydrogen) atoms. The molecule has 0 radical (unpaired) electrons. The smallest absolute Gasteiger partial charge is 0.106 e. The molecule has 1 rings (SSSR count). The van der Waals surface area contributed by atoms with E-state index < -0.39 is 0 Å². The van der Waals surface area contributed by atoms with Crippen molar-refractivity contribution in [2.45, 2.75) is 20.8 Å². The summed E-state index contributed by atoms with van der Waals surface area (Å²) in [4.78, 5) is 16.0. The summed E-state index contributed by atoms with van der Waals surface area (Å²) in [7, 11) is 0. The Labute approximate surface area is 102 Å². The fourth-order valence-electron chi connectivity index (χ4n) is 0.662. The molecule has 0 saturated carbocycles. The fourth-order valence-corrected chi connectivity index (χ4v) is 0.843. The predicted octanol–water partition coefficient (Wildman–Crippen LogP) is 3.18. The summed E-state index contributed by atoms with van der Waals surface area (Å²) in [6.07, 6.45) is 0. The Kier molecular flexibility index (Phi) is 19.6. The highest BCUT2D eigenvalue weighted by Gasteiger charge is 1.94. The summed E-state index contributed by atoms with van der Waals surface area (Å²) in [5.74, 6) is 0. The minimum absolute atomic E-state index is 0.607. The molecule has 0 N–H and O–H groups in total. The van der Waals surface area contributed by atoms with Gasteiger partial charge >= 0.3 is 0 Å². The van der Waals surface area contributed by atoms with E-state index in [2.05, 4.69) is 0 Å². The molecule has 0 aliphatic carbocycles. The summed E-state index contributed by atoms with van der Waals surface area (Å²) in [6, 6.07) is 7.26. The van der Waals surface area contributed by atoms with Gasteiger partial charge in [0.05, 0.1) is 11.6 Å². The Hall–Kier alpha value is -1.66.